The normalized spacial score (nSPS) is 15.5. The second-order valence-electron chi connectivity index (χ2n) is 7.99. The van der Waals surface area contributed by atoms with Gasteiger partial charge in [0, 0.05) is 24.4 Å². The van der Waals surface area contributed by atoms with Crippen molar-refractivity contribution in [1.29, 1.82) is 0 Å². The van der Waals surface area contributed by atoms with Crippen LogP contribution in [0.15, 0.2) is 23.0 Å². The van der Waals surface area contributed by atoms with Gasteiger partial charge in [0.25, 0.3) is 5.56 Å². The standard InChI is InChI=1S/C21H29ClN4O2/c1-4-24-9-11-25(12-10-24)20(27)8-6-17-21(28)26(14-15(2)3)19-7-5-16(22)13-18(19)23-17/h5,7,13,15H,4,6,8-12,14H2,1-3H3/p+1. The molecule has 3 rings (SSSR count). The summed E-state index contributed by atoms with van der Waals surface area (Å²) in [5.41, 5.74) is 1.84. The minimum atomic E-state index is -0.100. The van der Waals surface area contributed by atoms with Gasteiger partial charge < -0.3 is 14.4 Å². The van der Waals surface area contributed by atoms with E-state index in [1.165, 1.54) is 4.90 Å². The highest BCUT2D eigenvalue weighted by atomic mass is 35.5. The van der Waals surface area contributed by atoms with Crippen molar-refractivity contribution in [3.63, 3.8) is 0 Å². The van der Waals surface area contributed by atoms with Gasteiger partial charge in [-0.1, -0.05) is 25.4 Å². The number of halogens is 1. The highest BCUT2D eigenvalue weighted by Crippen LogP contribution is 2.18. The smallest absolute Gasteiger partial charge is 0.272 e. The van der Waals surface area contributed by atoms with Gasteiger partial charge in [0.1, 0.15) is 5.69 Å². The molecule has 0 spiro atoms. The molecule has 0 saturated carbocycles. The number of likely N-dealkylation sites (N-methyl/N-ethyl adjacent to an activating group) is 1. The number of piperazine rings is 1. The zero-order chi connectivity index (χ0) is 20.3. The van der Waals surface area contributed by atoms with E-state index in [0.717, 1.165) is 38.2 Å². The molecular formula is C21H30ClN4O2+. The highest BCUT2D eigenvalue weighted by molar-refractivity contribution is 6.31. The molecule has 1 N–H and O–H groups in total. The summed E-state index contributed by atoms with van der Waals surface area (Å²) in [6.45, 7) is 11.6. The summed E-state index contributed by atoms with van der Waals surface area (Å²) in [6, 6.07) is 5.41. The summed E-state index contributed by atoms with van der Waals surface area (Å²) in [5, 5.41) is 0.591. The van der Waals surface area contributed by atoms with E-state index in [9.17, 15) is 9.59 Å². The maximum absolute atomic E-state index is 13.0. The van der Waals surface area contributed by atoms with Gasteiger partial charge in [-0.2, -0.15) is 0 Å². The monoisotopic (exact) mass is 405 g/mol. The number of benzene rings is 1. The Hall–Kier alpha value is -1.92. The van der Waals surface area contributed by atoms with Crippen molar-refractivity contribution in [2.24, 2.45) is 5.92 Å². The number of fused-ring (bicyclic) bond motifs is 1. The summed E-state index contributed by atoms with van der Waals surface area (Å²) in [5.74, 6) is 0.434. The third-order valence-corrected chi connectivity index (χ3v) is 5.66. The molecule has 1 aromatic heterocycles. The summed E-state index contributed by atoms with van der Waals surface area (Å²) in [6.07, 6.45) is 0.677. The van der Waals surface area contributed by atoms with Crippen molar-refractivity contribution in [2.75, 3.05) is 32.7 Å². The van der Waals surface area contributed by atoms with Crippen LogP contribution in [0.1, 0.15) is 32.9 Å². The molecule has 28 heavy (non-hydrogen) atoms. The van der Waals surface area contributed by atoms with E-state index >= 15 is 0 Å². The molecule has 0 radical (unpaired) electrons. The molecule has 0 unspecified atom stereocenters. The molecule has 152 valence electrons. The Balaban J connectivity index is 1.80. The fraction of sp³-hybridized carbons (Fsp3) is 0.571. The van der Waals surface area contributed by atoms with E-state index in [-0.39, 0.29) is 11.5 Å². The van der Waals surface area contributed by atoms with Gasteiger partial charge in [0.15, 0.2) is 0 Å². The van der Waals surface area contributed by atoms with E-state index < -0.39 is 0 Å². The lowest BCUT2D eigenvalue weighted by Crippen LogP contribution is -3.14. The van der Waals surface area contributed by atoms with Gasteiger partial charge in [-0.15, -0.1) is 0 Å². The molecule has 1 aromatic carbocycles. The molecule has 7 heteroatoms. The molecule has 0 aliphatic carbocycles. The van der Waals surface area contributed by atoms with Crippen LogP contribution in [0, 0.1) is 5.92 Å². The number of aromatic nitrogens is 2. The Bertz CT molecular complexity index is 901. The zero-order valence-electron chi connectivity index (χ0n) is 17.0. The van der Waals surface area contributed by atoms with Gasteiger partial charge in [-0.05, 0) is 31.0 Å². The first-order chi connectivity index (χ1) is 13.4. The lowest BCUT2D eigenvalue weighted by Gasteiger charge is -2.31. The number of aryl methyl sites for hydroxylation is 1. The SMILES string of the molecule is CC[NH+]1CCN(C(=O)CCc2nc3cc(Cl)ccc3n(CC(C)C)c2=O)CC1. The Morgan fingerprint density at radius 1 is 1.29 bits per heavy atom. The van der Waals surface area contributed by atoms with E-state index in [1.807, 2.05) is 11.0 Å². The lowest BCUT2D eigenvalue weighted by molar-refractivity contribution is -0.902. The molecule has 1 fully saturated rings. The van der Waals surface area contributed by atoms with Crippen LogP contribution in [0.4, 0.5) is 0 Å². The molecular weight excluding hydrogens is 376 g/mol. The first-order valence-corrected chi connectivity index (χ1v) is 10.6. The number of nitrogens with one attached hydrogen (secondary N) is 1. The van der Waals surface area contributed by atoms with E-state index in [4.69, 9.17) is 11.6 Å². The minimum Gasteiger partial charge on any atom is -0.332 e. The molecule has 1 amide bonds. The maximum atomic E-state index is 13.0. The largest absolute Gasteiger partial charge is 0.332 e. The minimum absolute atomic E-state index is 0.100. The van der Waals surface area contributed by atoms with Crippen molar-refractivity contribution in [3.8, 4) is 0 Å². The van der Waals surface area contributed by atoms with Crippen LogP contribution in [0.5, 0.6) is 0 Å². The number of rotatable bonds is 6. The number of quaternary nitrogens is 1. The summed E-state index contributed by atoms with van der Waals surface area (Å²) >= 11 is 6.13. The fourth-order valence-electron chi connectivity index (χ4n) is 3.79. The topological polar surface area (TPSA) is 59.6 Å². The second-order valence-corrected chi connectivity index (χ2v) is 8.42. The summed E-state index contributed by atoms with van der Waals surface area (Å²) < 4.78 is 1.77. The van der Waals surface area contributed by atoms with Gasteiger partial charge in [-0.3, -0.25) is 9.59 Å². The number of carbonyl (C=O) groups excluding carboxylic acids is 1. The number of hydrogen-bond donors (Lipinski definition) is 1. The van der Waals surface area contributed by atoms with Gasteiger partial charge in [-0.25, -0.2) is 4.98 Å². The summed E-state index contributed by atoms with van der Waals surface area (Å²) in [7, 11) is 0. The first-order valence-electron chi connectivity index (χ1n) is 10.2. The number of amides is 1. The van der Waals surface area contributed by atoms with Crippen LogP contribution in [-0.4, -0.2) is 53.1 Å². The Kier molecular flexibility index (Phi) is 6.73. The van der Waals surface area contributed by atoms with Crippen molar-refractivity contribution < 1.29 is 9.69 Å². The van der Waals surface area contributed by atoms with Crippen molar-refractivity contribution in [2.45, 2.75) is 40.2 Å². The molecule has 1 saturated heterocycles. The third kappa shape index (κ3) is 4.73. The lowest BCUT2D eigenvalue weighted by atomic mass is 10.1. The number of nitrogens with zero attached hydrogens (tertiary/aromatic N) is 3. The molecule has 1 aliphatic rings. The van der Waals surface area contributed by atoms with Crippen LogP contribution in [0.25, 0.3) is 11.0 Å². The van der Waals surface area contributed by atoms with Gasteiger partial charge in [0.2, 0.25) is 5.91 Å². The molecule has 6 nitrogen and oxygen atoms in total. The fourth-order valence-corrected chi connectivity index (χ4v) is 3.96. The predicted octanol–water partition coefficient (Wildman–Crippen LogP) is 1.39. The number of carbonyl (C=O) groups is 1. The van der Waals surface area contributed by atoms with Crippen molar-refractivity contribution >= 4 is 28.5 Å². The molecule has 2 heterocycles. The summed E-state index contributed by atoms with van der Waals surface area (Å²) in [4.78, 5) is 33.6. The van der Waals surface area contributed by atoms with Crippen molar-refractivity contribution in [3.05, 3.63) is 39.3 Å². The first kappa shape index (κ1) is 20.8. The predicted molar refractivity (Wildman–Crippen MR) is 112 cm³/mol. The van der Waals surface area contributed by atoms with Crippen molar-refractivity contribution in [1.82, 2.24) is 14.5 Å². The average molecular weight is 406 g/mol. The second kappa shape index (κ2) is 9.05. The Morgan fingerprint density at radius 3 is 2.64 bits per heavy atom. The third-order valence-electron chi connectivity index (χ3n) is 5.42. The quantitative estimate of drug-likeness (QED) is 0.790. The van der Waals surface area contributed by atoms with Crippen LogP contribution >= 0.6 is 11.6 Å². The molecule has 1 aliphatic heterocycles. The van der Waals surface area contributed by atoms with E-state index in [1.54, 1.807) is 16.7 Å². The zero-order valence-corrected chi connectivity index (χ0v) is 17.8. The number of hydrogen-bond acceptors (Lipinski definition) is 3. The average Bonchev–Trinajstić information content (AvgIpc) is 2.68. The van der Waals surface area contributed by atoms with Gasteiger partial charge in [0.05, 0.1) is 43.8 Å². The Morgan fingerprint density at radius 2 is 2.00 bits per heavy atom. The molecule has 0 atom stereocenters. The molecule has 2 aromatic rings. The Labute approximate surface area is 171 Å². The van der Waals surface area contributed by atoms with Crippen LogP contribution in [0.3, 0.4) is 0 Å². The van der Waals surface area contributed by atoms with E-state index in [0.29, 0.717) is 41.5 Å². The van der Waals surface area contributed by atoms with E-state index in [2.05, 4.69) is 25.8 Å². The maximum Gasteiger partial charge on any atom is 0.272 e. The van der Waals surface area contributed by atoms with Crippen LogP contribution < -0.4 is 10.5 Å². The van der Waals surface area contributed by atoms with Crippen LogP contribution in [-0.2, 0) is 17.8 Å². The van der Waals surface area contributed by atoms with Crippen LogP contribution in [0.2, 0.25) is 5.02 Å². The van der Waals surface area contributed by atoms with Gasteiger partial charge >= 0.3 is 0 Å². The highest BCUT2D eigenvalue weighted by Gasteiger charge is 2.23. The molecule has 0 bridgehead atoms.